The van der Waals surface area contributed by atoms with Gasteiger partial charge in [0.2, 0.25) is 0 Å². The zero-order valence-corrected chi connectivity index (χ0v) is 19.5. The number of hydrogen-bond acceptors (Lipinski definition) is 5. The lowest BCUT2D eigenvalue weighted by molar-refractivity contribution is 0.261. The molecule has 1 aliphatic rings. The van der Waals surface area contributed by atoms with Crippen molar-refractivity contribution in [1.29, 1.82) is 0 Å². The number of aromatic amines is 1. The van der Waals surface area contributed by atoms with E-state index in [0.717, 1.165) is 60.5 Å². The van der Waals surface area contributed by atoms with E-state index in [1.54, 1.807) is 0 Å². The molecule has 0 saturated heterocycles. The van der Waals surface area contributed by atoms with Crippen LogP contribution in [0.3, 0.4) is 0 Å². The van der Waals surface area contributed by atoms with Crippen LogP contribution in [-0.2, 0) is 6.42 Å². The van der Waals surface area contributed by atoms with Gasteiger partial charge in [-0.1, -0.05) is 49.2 Å². The number of nitrogens with zero attached hydrogens (tertiary/aromatic N) is 3. The molecule has 2 amide bonds. The van der Waals surface area contributed by atoms with Gasteiger partial charge in [-0.2, -0.15) is 5.21 Å². The van der Waals surface area contributed by atoms with Gasteiger partial charge in [-0.25, -0.2) is 4.79 Å². The average molecular weight is 449 g/mol. The Balaban J connectivity index is 1.61. The second-order valence-corrected chi connectivity index (χ2v) is 8.67. The fourth-order valence-electron chi connectivity index (χ4n) is 4.04. The third kappa shape index (κ3) is 5.69. The first-order valence-corrected chi connectivity index (χ1v) is 11.8. The van der Waals surface area contributed by atoms with Crippen LogP contribution in [0, 0.1) is 6.92 Å². The first-order chi connectivity index (χ1) is 16.1. The average Bonchev–Trinajstić information content (AvgIpc) is 3.42. The van der Waals surface area contributed by atoms with Crippen LogP contribution in [0.25, 0.3) is 0 Å². The second-order valence-electron chi connectivity index (χ2n) is 8.67. The number of tetrazole rings is 1. The number of aryl methyl sites for hydroxylation is 2. The molecule has 8 heteroatoms. The molecule has 3 aromatic rings. The minimum Gasteiger partial charge on any atom is -0.491 e. The number of rotatable bonds is 10. The van der Waals surface area contributed by atoms with Gasteiger partial charge in [-0.15, -0.1) is 10.2 Å². The summed E-state index contributed by atoms with van der Waals surface area (Å²) >= 11 is 0. The molecule has 2 atom stereocenters. The van der Waals surface area contributed by atoms with Crippen LogP contribution in [-0.4, -0.2) is 33.3 Å². The van der Waals surface area contributed by atoms with E-state index in [-0.39, 0.29) is 11.9 Å². The summed E-state index contributed by atoms with van der Waals surface area (Å²) in [6.07, 6.45) is 4.91. The Hall–Kier alpha value is -3.42. The molecule has 8 nitrogen and oxygen atoms in total. The molecule has 0 aliphatic heterocycles. The minimum atomic E-state index is -0.288. The van der Waals surface area contributed by atoms with Gasteiger partial charge in [0.25, 0.3) is 0 Å². The maximum absolute atomic E-state index is 12.9. The Morgan fingerprint density at radius 3 is 2.64 bits per heavy atom. The molecular weight excluding hydrogens is 416 g/mol. The van der Waals surface area contributed by atoms with E-state index in [4.69, 9.17) is 4.74 Å². The fraction of sp³-hybridized carbons (Fsp3) is 0.440. The smallest absolute Gasteiger partial charge is 0.323 e. The lowest BCUT2D eigenvalue weighted by atomic mass is 9.99. The Bertz CT molecular complexity index is 1070. The van der Waals surface area contributed by atoms with E-state index in [9.17, 15) is 4.79 Å². The van der Waals surface area contributed by atoms with Crippen molar-refractivity contribution in [3.63, 3.8) is 0 Å². The number of nitrogens with one attached hydrogen (secondary N) is 3. The highest BCUT2D eigenvalue weighted by Gasteiger charge is 2.43. The summed E-state index contributed by atoms with van der Waals surface area (Å²) in [5.74, 6) is 2.07. The zero-order valence-electron chi connectivity index (χ0n) is 19.5. The van der Waals surface area contributed by atoms with Gasteiger partial charge >= 0.3 is 6.03 Å². The van der Waals surface area contributed by atoms with Gasteiger partial charge in [0, 0.05) is 11.6 Å². The highest BCUT2D eigenvalue weighted by molar-refractivity contribution is 6.01. The van der Waals surface area contributed by atoms with E-state index in [2.05, 4.69) is 51.2 Å². The standard InChI is InChI=1S/C25H32N6O2/c1-4-6-7-17-13-18(20-15-21(20)24-28-30-31-29-24)14-22(23(17)33-12-5-2)27-25(32)26-19-10-8-16(3)9-11-19/h8-11,13-14,20-21H,4-7,12,15H2,1-3H3,(H2,26,27,32)(H,28,29,30,31). The van der Waals surface area contributed by atoms with Crippen LogP contribution in [0.1, 0.15) is 73.9 Å². The maximum atomic E-state index is 12.9. The lowest BCUT2D eigenvalue weighted by Gasteiger charge is -2.19. The number of hydrogen-bond donors (Lipinski definition) is 3. The van der Waals surface area contributed by atoms with Crippen molar-refractivity contribution in [2.45, 2.75) is 64.7 Å². The fourth-order valence-corrected chi connectivity index (χ4v) is 4.04. The molecule has 1 heterocycles. The van der Waals surface area contributed by atoms with Crippen molar-refractivity contribution in [2.24, 2.45) is 0 Å². The molecule has 2 aromatic carbocycles. The SMILES string of the molecule is CCCCc1cc(C2CC2c2nn[nH]n2)cc(NC(=O)Nc2ccc(C)cc2)c1OCCC. The van der Waals surface area contributed by atoms with E-state index in [1.807, 2.05) is 37.3 Å². The molecule has 33 heavy (non-hydrogen) atoms. The van der Waals surface area contributed by atoms with Crippen LogP contribution in [0.4, 0.5) is 16.2 Å². The van der Waals surface area contributed by atoms with Gasteiger partial charge < -0.3 is 15.4 Å². The Labute approximate surface area is 194 Å². The summed E-state index contributed by atoms with van der Waals surface area (Å²) in [4.78, 5) is 12.9. The number of anilines is 2. The molecule has 0 spiro atoms. The number of carbonyl (C=O) groups excluding carboxylic acids is 1. The maximum Gasteiger partial charge on any atom is 0.323 e. The topological polar surface area (TPSA) is 105 Å². The summed E-state index contributed by atoms with van der Waals surface area (Å²) in [7, 11) is 0. The summed E-state index contributed by atoms with van der Waals surface area (Å²) < 4.78 is 6.15. The highest BCUT2D eigenvalue weighted by atomic mass is 16.5. The van der Waals surface area contributed by atoms with Crippen molar-refractivity contribution in [3.8, 4) is 5.75 Å². The minimum absolute atomic E-state index is 0.249. The summed E-state index contributed by atoms with van der Waals surface area (Å²) in [6, 6.07) is 11.7. The summed E-state index contributed by atoms with van der Waals surface area (Å²) in [5, 5.41) is 20.5. The number of H-pyrrole nitrogens is 1. The predicted octanol–water partition coefficient (Wildman–Crippen LogP) is 5.55. The Kier molecular flexibility index (Phi) is 7.22. The van der Waals surface area contributed by atoms with E-state index < -0.39 is 0 Å². The quantitative estimate of drug-likeness (QED) is 0.377. The van der Waals surface area contributed by atoms with Crippen LogP contribution >= 0.6 is 0 Å². The molecule has 0 bridgehead atoms. The van der Waals surface area contributed by atoms with Crippen molar-refractivity contribution < 1.29 is 9.53 Å². The summed E-state index contributed by atoms with van der Waals surface area (Å²) in [6.45, 7) is 6.88. The van der Waals surface area contributed by atoms with Crippen LogP contribution in [0.2, 0.25) is 0 Å². The molecule has 4 rings (SSSR count). The van der Waals surface area contributed by atoms with Crippen LogP contribution < -0.4 is 15.4 Å². The van der Waals surface area contributed by atoms with Crippen molar-refractivity contribution in [3.05, 3.63) is 58.9 Å². The molecule has 0 radical (unpaired) electrons. The number of benzene rings is 2. The van der Waals surface area contributed by atoms with Gasteiger partial charge in [0.15, 0.2) is 5.82 Å². The third-order valence-electron chi connectivity index (χ3n) is 5.91. The number of carbonyl (C=O) groups is 1. The number of unbranched alkanes of at least 4 members (excludes halogenated alkanes) is 1. The molecule has 1 aliphatic carbocycles. The molecule has 2 unspecified atom stereocenters. The normalized spacial score (nSPS) is 16.9. The Morgan fingerprint density at radius 2 is 1.94 bits per heavy atom. The predicted molar refractivity (Wildman–Crippen MR) is 129 cm³/mol. The van der Waals surface area contributed by atoms with Crippen molar-refractivity contribution in [1.82, 2.24) is 20.6 Å². The monoisotopic (exact) mass is 448 g/mol. The van der Waals surface area contributed by atoms with Gasteiger partial charge in [0.1, 0.15) is 5.75 Å². The first-order valence-electron chi connectivity index (χ1n) is 11.8. The van der Waals surface area contributed by atoms with Crippen molar-refractivity contribution >= 4 is 17.4 Å². The second kappa shape index (κ2) is 10.5. The van der Waals surface area contributed by atoms with Crippen molar-refractivity contribution in [2.75, 3.05) is 17.2 Å². The van der Waals surface area contributed by atoms with Gasteiger partial charge in [-0.05, 0) is 67.9 Å². The molecule has 1 saturated carbocycles. The molecule has 3 N–H and O–H groups in total. The number of ether oxygens (including phenoxy) is 1. The largest absolute Gasteiger partial charge is 0.491 e. The number of aromatic nitrogens is 4. The molecule has 1 fully saturated rings. The Morgan fingerprint density at radius 1 is 1.12 bits per heavy atom. The number of amides is 2. The molecule has 174 valence electrons. The number of urea groups is 1. The van der Waals surface area contributed by atoms with Gasteiger partial charge in [0.05, 0.1) is 12.3 Å². The van der Waals surface area contributed by atoms with E-state index in [0.29, 0.717) is 18.2 Å². The van der Waals surface area contributed by atoms with E-state index >= 15 is 0 Å². The first kappa shape index (κ1) is 22.8. The zero-order chi connectivity index (χ0) is 23.2. The molecule has 1 aromatic heterocycles. The van der Waals surface area contributed by atoms with Crippen LogP contribution in [0.15, 0.2) is 36.4 Å². The summed E-state index contributed by atoms with van der Waals surface area (Å²) in [5.41, 5.74) is 4.90. The van der Waals surface area contributed by atoms with Crippen LogP contribution in [0.5, 0.6) is 5.75 Å². The van der Waals surface area contributed by atoms with E-state index in [1.165, 1.54) is 5.56 Å². The molecular formula is C25H32N6O2. The van der Waals surface area contributed by atoms with Gasteiger partial charge in [-0.3, -0.25) is 0 Å². The lowest BCUT2D eigenvalue weighted by Crippen LogP contribution is -2.20. The highest BCUT2D eigenvalue weighted by Crippen LogP contribution is 2.54. The third-order valence-corrected chi connectivity index (χ3v) is 5.91.